The van der Waals surface area contributed by atoms with Gasteiger partial charge in [-0.25, -0.2) is 0 Å². The number of carbonyl (C=O) groups is 1. The number of rotatable bonds is 43. The van der Waals surface area contributed by atoms with Gasteiger partial charge >= 0.3 is 0 Å². The number of ether oxygens (including phenoxy) is 6. The van der Waals surface area contributed by atoms with Crippen LogP contribution in [0.15, 0.2) is 36.5 Å². The number of unbranched alkanes of at least 4 members (excludes halogenated alkanes) is 21. The van der Waals surface area contributed by atoms with Gasteiger partial charge in [-0.2, -0.15) is 0 Å². The van der Waals surface area contributed by atoms with E-state index in [1.807, 2.05) is 0 Å². The number of carbonyl (C=O) groups excluding carboxylic acids is 1. The van der Waals surface area contributed by atoms with E-state index >= 15 is 0 Å². The molecule has 450 valence electrons. The summed E-state index contributed by atoms with van der Waals surface area (Å²) in [7, 11) is 0. The van der Waals surface area contributed by atoms with Gasteiger partial charge in [0.1, 0.15) is 73.2 Å². The Kier molecular flexibility index (Phi) is 37.7. The Morgan fingerprint density at radius 3 is 1.39 bits per heavy atom. The lowest BCUT2D eigenvalue weighted by Crippen LogP contribution is -2.66. The van der Waals surface area contributed by atoms with E-state index in [0.29, 0.717) is 12.8 Å². The summed E-state index contributed by atoms with van der Waals surface area (Å²) in [6.45, 7) is 1.64. The first-order valence-corrected chi connectivity index (χ1v) is 29.7. The zero-order valence-corrected chi connectivity index (χ0v) is 46.7. The van der Waals surface area contributed by atoms with E-state index in [4.69, 9.17) is 28.4 Å². The van der Waals surface area contributed by atoms with Gasteiger partial charge in [-0.05, 0) is 44.9 Å². The summed E-state index contributed by atoms with van der Waals surface area (Å²) in [4.78, 5) is 13.3. The van der Waals surface area contributed by atoms with Gasteiger partial charge in [-0.15, -0.1) is 0 Å². The molecule has 3 aliphatic rings. The van der Waals surface area contributed by atoms with Crippen LogP contribution in [0, 0.1) is 0 Å². The number of aliphatic hydroxyl groups excluding tert-OH is 11. The van der Waals surface area contributed by atoms with Gasteiger partial charge in [0.25, 0.3) is 0 Å². The third kappa shape index (κ3) is 26.2. The molecule has 3 fully saturated rings. The normalized spacial score (nSPS) is 30.9. The molecule has 17 unspecified atom stereocenters. The van der Waals surface area contributed by atoms with Crippen molar-refractivity contribution in [2.24, 2.45) is 0 Å². The maximum atomic E-state index is 13.3. The Hall–Kier alpha value is -1.99. The van der Waals surface area contributed by atoms with Crippen LogP contribution in [0.3, 0.4) is 0 Å². The van der Waals surface area contributed by atoms with Gasteiger partial charge in [-0.3, -0.25) is 4.79 Å². The molecule has 3 heterocycles. The smallest absolute Gasteiger partial charge is 0.220 e. The molecule has 0 radical (unpaired) electrons. The minimum absolute atomic E-state index is 0.231. The molecule has 17 atom stereocenters. The molecular formula is C58H105NO18. The van der Waals surface area contributed by atoms with Crippen LogP contribution in [-0.4, -0.2) is 193 Å². The highest BCUT2D eigenvalue weighted by molar-refractivity contribution is 5.76. The highest BCUT2D eigenvalue weighted by Crippen LogP contribution is 2.33. The highest BCUT2D eigenvalue weighted by atomic mass is 16.8. The average molecular weight is 1100 g/mol. The molecule has 3 rings (SSSR count). The zero-order valence-electron chi connectivity index (χ0n) is 46.7. The third-order valence-electron chi connectivity index (χ3n) is 15.0. The monoisotopic (exact) mass is 1100 g/mol. The van der Waals surface area contributed by atoms with E-state index in [0.717, 1.165) is 64.2 Å². The lowest BCUT2D eigenvalue weighted by atomic mass is 9.96. The molecule has 1 amide bonds. The fraction of sp³-hybridized carbons (Fsp3) is 0.879. The van der Waals surface area contributed by atoms with E-state index in [9.17, 15) is 61.0 Å². The van der Waals surface area contributed by atoms with E-state index < -0.39 is 124 Å². The fourth-order valence-corrected chi connectivity index (χ4v) is 10.1. The maximum Gasteiger partial charge on any atom is 0.220 e. The number of hydrogen-bond donors (Lipinski definition) is 12. The molecule has 12 N–H and O–H groups in total. The molecule has 0 aliphatic carbocycles. The van der Waals surface area contributed by atoms with Gasteiger partial charge in [0, 0.05) is 6.42 Å². The van der Waals surface area contributed by atoms with Crippen LogP contribution >= 0.6 is 0 Å². The lowest BCUT2D eigenvalue weighted by molar-refractivity contribution is -0.379. The van der Waals surface area contributed by atoms with Crippen molar-refractivity contribution in [2.75, 3.05) is 26.4 Å². The Balaban J connectivity index is 1.50. The summed E-state index contributed by atoms with van der Waals surface area (Å²) in [6.07, 6.45) is 16.7. The second-order valence-corrected chi connectivity index (χ2v) is 21.4. The predicted octanol–water partition coefficient (Wildman–Crippen LogP) is 4.93. The standard InChI is InChI=1S/C58H105NO18/c1-3-5-7-9-11-13-15-17-18-19-20-21-22-24-25-27-29-31-33-35-42(63)41(59-46(64)36-34-32-30-28-26-23-16-14-12-10-8-6-4-2)40-72-56-52(70)49(67)54(44(38-61)74-56)77-58-53(71)50(68)55(45(39-62)75-58)76-57-51(69)48(66)47(65)43(37-60)73-57/h6,8,12,14,23,26,41-45,47-58,60-63,65-71H,3-5,7,9-11,13,15-22,24-25,27-40H2,1-2H3,(H,59,64)/b8-6-,14-12-,26-23-. The summed E-state index contributed by atoms with van der Waals surface area (Å²) in [6, 6.07) is -0.901. The minimum Gasteiger partial charge on any atom is -0.394 e. The summed E-state index contributed by atoms with van der Waals surface area (Å²) < 4.78 is 34.3. The fourth-order valence-electron chi connectivity index (χ4n) is 10.1. The molecule has 0 saturated carbocycles. The van der Waals surface area contributed by atoms with Crippen LogP contribution in [-0.2, 0) is 33.2 Å². The molecule has 77 heavy (non-hydrogen) atoms. The summed E-state index contributed by atoms with van der Waals surface area (Å²) in [5, 5.41) is 120. The van der Waals surface area contributed by atoms with E-state index in [1.54, 1.807) is 0 Å². The molecule has 0 aromatic rings. The number of nitrogens with one attached hydrogen (secondary N) is 1. The molecule has 0 bridgehead atoms. The molecule has 0 aromatic carbocycles. The summed E-state index contributed by atoms with van der Waals surface area (Å²) in [5.74, 6) is -0.272. The van der Waals surface area contributed by atoms with Crippen molar-refractivity contribution in [3.8, 4) is 0 Å². The van der Waals surface area contributed by atoms with Crippen molar-refractivity contribution < 1.29 is 89.4 Å². The number of hydrogen-bond acceptors (Lipinski definition) is 18. The Morgan fingerprint density at radius 2 is 0.896 bits per heavy atom. The number of amides is 1. The predicted molar refractivity (Wildman–Crippen MR) is 291 cm³/mol. The molecule has 3 saturated heterocycles. The summed E-state index contributed by atoms with van der Waals surface area (Å²) >= 11 is 0. The van der Waals surface area contributed by atoms with Gasteiger partial charge in [0.2, 0.25) is 5.91 Å². The average Bonchev–Trinajstić information content (AvgIpc) is 3.43. The van der Waals surface area contributed by atoms with Gasteiger partial charge in [-0.1, -0.05) is 179 Å². The summed E-state index contributed by atoms with van der Waals surface area (Å²) in [5.41, 5.74) is 0. The van der Waals surface area contributed by atoms with Crippen molar-refractivity contribution in [1.82, 2.24) is 5.32 Å². The van der Waals surface area contributed by atoms with Gasteiger partial charge < -0.3 is 89.9 Å². The van der Waals surface area contributed by atoms with E-state index in [1.165, 1.54) is 96.3 Å². The number of allylic oxidation sites excluding steroid dienone is 6. The lowest BCUT2D eigenvalue weighted by Gasteiger charge is -2.48. The molecule has 19 heteroatoms. The van der Waals surface area contributed by atoms with Crippen LogP contribution in [0.2, 0.25) is 0 Å². The van der Waals surface area contributed by atoms with Crippen LogP contribution in [0.25, 0.3) is 0 Å². The van der Waals surface area contributed by atoms with Crippen LogP contribution in [0.5, 0.6) is 0 Å². The maximum absolute atomic E-state index is 13.3. The van der Waals surface area contributed by atoms with Crippen molar-refractivity contribution in [3.63, 3.8) is 0 Å². The molecular weight excluding hydrogens is 999 g/mol. The van der Waals surface area contributed by atoms with Crippen LogP contribution in [0.4, 0.5) is 0 Å². The highest BCUT2D eigenvalue weighted by Gasteiger charge is 2.53. The largest absolute Gasteiger partial charge is 0.394 e. The second kappa shape index (κ2) is 41.9. The Bertz CT molecular complexity index is 1550. The first-order valence-electron chi connectivity index (χ1n) is 29.7. The van der Waals surface area contributed by atoms with Crippen molar-refractivity contribution in [3.05, 3.63) is 36.5 Å². The first-order chi connectivity index (χ1) is 37.3. The van der Waals surface area contributed by atoms with E-state index in [-0.39, 0.29) is 18.9 Å². The van der Waals surface area contributed by atoms with Crippen molar-refractivity contribution in [1.29, 1.82) is 0 Å². The zero-order chi connectivity index (χ0) is 56.2. The van der Waals surface area contributed by atoms with Gasteiger partial charge in [0.05, 0.1) is 38.6 Å². The number of aliphatic hydroxyl groups is 11. The topological polar surface area (TPSA) is 307 Å². The third-order valence-corrected chi connectivity index (χ3v) is 15.0. The van der Waals surface area contributed by atoms with E-state index in [2.05, 4.69) is 55.6 Å². The molecule has 0 aromatic heterocycles. The second-order valence-electron chi connectivity index (χ2n) is 21.4. The van der Waals surface area contributed by atoms with Crippen molar-refractivity contribution >= 4 is 5.91 Å². The first kappa shape index (κ1) is 69.3. The van der Waals surface area contributed by atoms with Crippen LogP contribution in [0.1, 0.15) is 194 Å². The van der Waals surface area contributed by atoms with Gasteiger partial charge in [0.15, 0.2) is 18.9 Å². The Labute approximate surface area is 460 Å². The SMILES string of the molecule is CC/C=C\C/C=C\C/C=C\CCCCCC(=O)NC(COC1OC(CO)C(OC2OC(CO)C(OC3OC(CO)C(O)C(O)C3O)C(O)C2O)C(O)C1O)C(O)CCCCCCCCCCCCCCCCCCCCC. The van der Waals surface area contributed by atoms with Crippen LogP contribution < -0.4 is 5.32 Å². The quantitative estimate of drug-likeness (QED) is 0.0285. The molecule has 0 spiro atoms. The van der Waals surface area contributed by atoms with Crippen molar-refractivity contribution in [2.45, 2.75) is 298 Å². The molecule has 3 aliphatic heterocycles. The Morgan fingerprint density at radius 1 is 0.481 bits per heavy atom. The minimum atomic E-state index is -1.97. The molecule has 19 nitrogen and oxygen atoms in total.